The Balaban J connectivity index is 1.90. The molecule has 1 saturated heterocycles. The SMILES string of the molecule is NCCCC1CCCN1c1cncc2nnnn12. The molecule has 7 nitrogen and oxygen atoms in total. The predicted molar refractivity (Wildman–Crippen MR) is 67.2 cm³/mol. The van der Waals surface area contributed by atoms with E-state index in [1.165, 1.54) is 12.8 Å². The van der Waals surface area contributed by atoms with E-state index in [-0.39, 0.29) is 0 Å². The van der Waals surface area contributed by atoms with Crippen LogP contribution in [0.4, 0.5) is 5.82 Å². The Morgan fingerprint density at radius 2 is 2.33 bits per heavy atom. The van der Waals surface area contributed by atoms with E-state index in [2.05, 4.69) is 25.4 Å². The molecule has 96 valence electrons. The van der Waals surface area contributed by atoms with Gasteiger partial charge in [-0.1, -0.05) is 0 Å². The van der Waals surface area contributed by atoms with Crippen molar-refractivity contribution >= 4 is 11.5 Å². The standard InChI is InChI=1S/C11H17N7/c12-5-1-3-9-4-2-6-17(9)11-8-13-7-10-14-15-16-18(10)11/h7-9H,1-6,12H2. The van der Waals surface area contributed by atoms with Crippen LogP contribution in [0.1, 0.15) is 25.7 Å². The summed E-state index contributed by atoms with van der Waals surface area (Å²) in [7, 11) is 0. The second kappa shape index (κ2) is 4.85. The van der Waals surface area contributed by atoms with E-state index in [0.717, 1.165) is 31.7 Å². The van der Waals surface area contributed by atoms with Crippen molar-refractivity contribution in [2.45, 2.75) is 31.7 Å². The normalized spacial score (nSPS) is 19.8. The molecule has 18 heavy (non-hydrogen) atoms. The van der Waals surface area contributed by atoms with Gasteiger partial charge in [0.05, 0.1) is 12.4 Å². The maximum atomic E-state index is 5.60. The third-order valence-electron chi connectivity index (χ3n) is 3.50. The maximum absolute atomic E-state index is 5.60. The monoisotopic (exact) mass is 247 g/mol. The van der Waals surface area contributed by atoms with Crippen molar-refractivity contribution in [2.24, 2.45) is 5.73 Å². The van der Waals surface area contributed by atoms with Crippen LogP contribution < -0.4 is 10.6 Å². The first-order valence-electron chi connectivity index (χ1n) is 6.39. The molecule has 0 spiro atoms. The summed E-state index contributed by atoms with van der Waals surface area (Å²) in [6.07, 6.45) is 8.10. The van der Waals surface area contributed by atoms with Gasteiger partial charge in [0.2, 0.25) is 0 Å². The molecule has 1 aliphatic rings. The fraction of sp³-hybridized carbons (Fsp3) is 0.636. The molecular weight excluding hydrogens is 230 g/mol. The maximum Gasteiger partial charge on any atom is 0.199 e. The van der Waals surface area contributed by atoms with Gasteiger partial charge in [0, 0.05) is 12.6 Å². The number of hydrogen-bond donors (Lipinski definition) is 1. The van der Waals surface area contributed by atoms with Gasteiger partial charge in [0.15, 0.2) is 11.5 Å². The highest BCUT2D eigenvalue weighted by atomic mass is 15.5. The fourth-order valence-electron chi connectivity index (χ4n) is 2.65. The average molecular weight is 247 g/mol. The Kier molecular flexibility index (Phi) is 3.06. The van der Waals surface area contributed by atoms with Crippen molar-refractivity contribution in [2.75, 3.05) is 18.0 Å². The molecule has 1 atom stereocenters. The summed E-state index contributed by atoms with van der Waals surface area (Å²) < 4.78 is 1.76. The van der Waals surface area contributed by atoms with Crippen molar-refractivity contribution in [3.05, 3.63) is 12.4 Å². The van der Waals surface area contributed by atoms with Crippen molar-refractivity contribution in [1.82, 2.24) is 25.0 Å². The zero-order chi connectivity index (χ0) is 12.4. The Bertz CT molecular complexity index is 523. The summed E-state index contributed by atoms with van der Waals surface area (Å²) in [5.41, 5.74) is 6.29. The number of rotatable bonds is 4. The van der Waals surface area contributed by atoms with E-state index >= 15 is 0 Å². The topological polar surface area (TPSA) is 85.2 Å². The highest BCUT2D eigenvalue weighted by Crippen LogP contribution is 2.27. The molecule has 1 fully saturated rings. The van der Waals surface area contributed by atoms with Gasteiger partial charge < -0.3 is 10.6 Å². The first-order valence-corrected chi connectivity index (χ1v) is 6.39. The number of anilines is 1. The molecule has 0 radical (unpaired) electrons. The van der Waals surface area contributed by atoms with E-state index in [1.54, 1.807) is 10.7 Å². The van der Waals surface area contributed by atoms with Crippen LogP contribution in [0.2, 0.25) is 0 Å². The quantitative estimate of drug-likeness (QED) is 0.832. The Hall–Kier alpha value is -1.76. The number of hydrogen-bond acceptors (Lipinski definition) is 6. The number of nitrogens with two attached hydrogens (primary N) is 1. The molecule has 1 aliphatic heterocycles. The van der Waals surface area contributed by atoms with Crippen LogP contribution in [0, 0.1) is 0 Å². The summed E-state index contributed by atoms with van der Waals surface area (Å²) in [5.74, 6) is 0.983. The lowest BCUT2D eigenvalue weighted by Crippen LogP contribution is -2.31. The lowest BCUT2D eigenvalue weighted by Gasteiger charge is -2.26. The molecule has 2 aromatic heterocycles. The molecule has 0 aromatic carbocycles. The fourth-order valence-corrected chi connectivity index (χ4v) is 2.65. The number of aromatic nitrogens is 5. The van der Waals surface area contributed by atoms with Crippen LogP contribution in [-0.4, -0.2) is 44.2 Å². The molecule has 0 amide bonds. The minimum absolute atomic E-state index is 0.533. The predicted octanol–water partition coefficient (Wildman–Crippen LogP) is 0.227. The van der Waals surface area contributed by atoms with Crippen molar-refractivity contribution < 1.29 is 0 Å². The van der Waals surface area contributed by atoms with E-state index in [0.29, 0.717) is 11.7 Å². The smallest absolute Gasteiger partial charge is 0.199 e. The minimum atomic E-state index is 0.533. The van der Waals surface area contributed by atoms with Gasteiger partial charge in [0.1, 0.15) is 0 Å². The van der Waals surface area contributed by atoms with Gasteiger partial charge in [-0.3, -0.25) is 4.98 Å². The highest BCUT2D eigenvalue weighted by molar-refractivity contribution is 5.47. The van der Waals surface area contributed by atoms with Crippen LogP contribution in [0.15, 0.2) is 12.4 Å². The summed E-state index contributed by atoms with van der Waals surface area (Å²) in [4.78, 5) is 6.57. The van der Waals surface area contributed by atoms with Crippen molar-refractivity contribution in [1.29, 1.82) is 0 Å². The van der Waals surface area contributed by atoms with Crippen LogP contribution >= 0.6 is 0 Å². The molecule has 3 heterocycles. The molecule has 3 rings (SSSR count). The van der Waals surface area contributed by atoms with Crippen LogP contribution in [-0.2, 0) is 0 Å². The molecular formula is C11H17N7. The second-order valence-corrected chi connectivity index (χ2v) is 4.63. The first kappa shape index (κ1) is 11.3. The lowest BCUT2D eigenvalue weighted by molar-refractivity contribution is 0.577. The minimum Gasteiger partial charge on any atom is -0.352 e. The lowest BCUT2D eigenvalue weighted by atomic mass is 10.1. The van der Waals surface area contributed by atoms with Gasteiger partial charge in [-0.15, -0.1) is 5.10 Å². The van der Waals surface area contributed by atoms with E-state index in [9.17, 15) is 0 Å². The molecule has 1 unspecified atom stereocenters. The largest absolute Gasteiger partial charge is 0.352 e. The third-order valence-corrected chi connectivity index (χ3v) is 3.50. The van der Waals surface area contributed by atoms with E-state index < -0.39 is 0 Å². The molecule has 7 heteroatoms. The van der Waals surface area contributed by atoms with Crippen LogP contribution in [0.5, 0.6) is 0 Å². The molecule has 0 bridgehead atoms. The van der Waals surface area contributed by atoms with Crippen molar-refractivity contribution in [3.8, 4) is 0 Å². The Morgan fingerprint density at radius 1 is 1.39 bits per heavy atom. The van der Waals surface area contributed by atoms with Crippen molar-refractivity contribution in [3.63, 3.8) is 0 Å². The number of nitrogens with zero attached hydrogens (tertiary/aromatic N) is 6. The Morgan fingerprint density at radius 3 is 3.22 bits per heavy atom. The van der Waals surface area contributed by atoms with Gasteiger partial charge in [-0.2, -0.15) is 4.52 Å². The van der Waals surface area contributed by atoms with Gasteiger partial charge in [0.25, 0.3) is 0 Å². The molecule has 0 aliphatic carbocycles. The van der Waals surface area contributed by atoms with Gasteiger partial charge >= 0.3 is 0 Å². The van der Waals surface area contributed by atoms with Gasteiger partial charge in [-0.05, 0) is 42.7 Å². The summed E-state index contributed by atoms with van der Waals surface area (Å²) in [5, 5.41) is 11.7. The second-order valence-electron chi connectivity index (χ2n) is 4.63. The molecule has 2 N–H and O–H groups in total. The van der Waals surface area contributed by atoms with E-state index in [1.807, 2.05) is 6.20 Å². The van der Waals surface area contributed by atoms with Crippen LogP contribution in [0.25, 0.3) is 5.65 Å². The highest BCUT2D eigenvalue weighted by Gasteiger charge is 2.26. The summed E-state index contributed by atoms with van der Waals surface area (Å²) >= 11 is 0. The third kappa shape index (κ3) is 1.90. The summed E-state index contributed by atoms with van der Waals surface area (Å²) in [6, 6.07) is 0.533. The molecule has 2 aromatic rings. The summed E-state index contributed by atoms with van der Waals surface area (Å²) in [6.45, 7) is 1.79. The Labute approximate surface area is 105 Å². The average Bonchev–Trinajstić information content (AvgIpc) is 3.04. The number of fused-ring (bicyclic) bond motifs is 1. The number of tetrazole rings is 1. The molecule has 0 saturated carbocycles. The zero-order valence-electron chi connectivity index (χ0n) is 10.2. The van der Waals surface area contributed by atoms with Crippen LogP contribution in [0.3, 0.4) is 0 Å². The van der Waals surface area contributed by atoms with E-state index in [4.69, 9.17) is 5.73 Å². The van der Waals surface area contributed by atoms with Gasteiger partial charge in [-0.25, -0.2) is 0 Å². The zero-order valence-corrected chi connectivity index (χ0v) is 10.2. The first-order chi connectivity index (χ1) is 8.90.